The van der Waals surface area contributed by atoms with Crippen LogP contribution in [0.5, 0.6) is 5.75 Å². The largest absolute Gasteiger partial charge is 0.507 e. The van der Waals surface area contributed by atoms with Gasteiger partial charge in [0.05, 0.1) is 11.6 Å². The summed E-state index contributed by atoms with van der Waals surface area (Å²) in [5, 5.41) is 20.0. The Hall–Kier alpha value is -4.28. The summed E-state index contributed by atoms with van der Waals surface area (Å²) < 4.78 is 6.25. The van der Waals surface area contributed by atoms with Gasteiger partial charge in [0.1, 0.15) is 18.1 Å². The van der Waals surface area contributed by atoms with Gasteiger partial charge in [-0.25, -0.2) is 0 Å². The third-order valence-electron chi connectivity index (χ3n) is 6.05. The van der Waals surface area contributed by atoms with Crippen molar-refractivity contribution in [2.24, 2.45) is 0 Å². The van der Waals surface area contributed by atoms with Crippen molar-refractivity contribution in [1.82, 2.24) is 15.2 Å². The number of pyridine rings is 1. The van der Waals surface area contributed by atoms with Crippen molar-refractivity contribution in [2.45, 2.75) is 23.1 Å². The van der Waals surface area contributed by atoms with Gasteiger partial charge in [-0.1, -0.05) is 77.7 Å². The maximum atomic E-state index is 13.4. The highest BCUT2D eigenvalue weighted by molar-refractivity contribution is 8.00. The molecule has 1 atom stereocenters. The smallest absolute Gasteiger partial charge is 0.301 e. The fourth-order valence-electron chi connectivity index (χ4n) is 4.10. The quantitative estimate of drug-likeness (QED) is 0.0696. The predicted octanol–water partition coefficient (Wildman–Crippen LogP) is 5.72. The van der Waals surface area contributed by atoms with Gasteiger partial charge in [-0.05, 0) is 42.3 Å². The number of hydrogen-bond acceptors (Lipinski definition) is 9. The molecule has 1 saturated heterocycles. The summed E-state index contributed by atoms with van der Waals surface area (Å²) in [6.45, 7) is 6.03. The molecule has 2 aromatic heterocycles. The molecule has 1 N–H and O–H groups in total. The summed E-state index contributed by atoms with van der Waals surface area (Å²) in [5.74, 6) is -0.575. The lowest BCUT2D eigenvalue weighted by Gasteiger charge is -2.22. The summed E-state index contributed by atoms with van der Waals surface area (Å²) >= 11 is 2.72. The molecule has 0 radical (unpaired) electrons. The number of rotatable bonds is 9. The number of aliphatic hydroxyl groups excluding tert-OH is 1. The van der Waals surface area contributed by atoms with Crippen molar-refractivity contribution >= 4 is 45.7 Å². The number of aromatic nitrogens is 3. The van der Waals surface area contributed by atoms with E-state index >= 15 is 0 Å². The zero-order chi connectivity index (χ0) is 27.4. The first-order valence-corrected chi connectivity index (χ1v) is 13.8. The normalized spacial score (nSPS) is 16.4. The van der Waals surface area contributed by atoms with E-state index in [1.807, 2.05) is 6.92 Å². The molecule has 0 spiro atoms. The molecule has 10 heteroatoms. The van der Waals surface area contributed by atoms with Crippen LogP contribution in [0, 0.1) is 6.92 Å². The van der Waals surface area contributed by atoms with Gasteiger partial charge >= 0.3 is 5.91 Å². The number of aryl methyl sites for hydroxylation is 1. The van der Waals surface area contributed by atoms with E-state index in [0.717, 1.165) is 5.56 Å². The molecule has 8 nitrogen and oxygen atoms in total. The number of Topliss-reactive ketones (excluding diaryl/α,β-unsaturated/α-hetero) is 1. The molecule has 1 aliphatic rings. The van der Waals surface area contributed by atoms with Crippen molar-refractivity contribution in [3.8, 4) is 5.75 Å². The number of hydrogen-bond donors (Lipinski definition) is 1. The average molecular weight is 557 g/mol. The highest BCUT2D eigenvalue weighted by Crippen LogP contribution is 2.44. The van der Waals surface area contributed by atoms with Gasteiger partial charge in [0.25, 0.3) is 5.78 Å². The number of amides is 1. The monoisotopic (exact) mass is 556 g/mol. The Labute approximate surface area is 233 Å². The van der Waals surface area contributed by atoms with Gasteiger partial charge < -0.3 is 9.84 Å². The molecule has 1 unspecified atom stereocenters. The summed E-state index contributed by atoms with van der Waals surface area (Å²) in [4.78, 5) is 32.0. The molecule has 4 aromatic rings. The van der Waals surface area contributed by atoms with Crippen LogP contribution in [0.15, 0.2) is 95.6 Å². The Kier molecular flexibility index (Phi) is 7.85. The number of nitrogens with zero attached hydrogens (tertiary/aromatic N) is 4. The summed E-state index contributed by atoms with van der Waals surface area (Å²) in [6.07, 6.45) is 4.66. The number of ether oxygens (including phenoxy) is 1. The molecule has 2 aromatic carbocycles. The molecule has 3 heterocycles. The molecular formula is C29H24N4O4S2. The first kappa shape index (κ1) is 26.3. The fourth-order valence-corrected chi connectivity index (χ4v) is 5.92. The molecule has 0 aliphatic carbocycles. The van der Waals surface area contributed by atoms with Gasteiger partial charge in [-0.2, -0.15) is 0 Å². The van der Waals surface area contributed by atoms with Crippen LogP contribution in [0.1, 0.15) is 28.3 Å². The number of ketones is 1. The minimum atomic E-state index is -0.908. The van der Waals surface area contributed by atoms with Crippen molar-refractivity contribution in [3.63, 3.8) is 0 Å². The number of benzene rings is 2. The van der Waals surface area contributed by atoms with E-state index in [9.17, 15) is 14.7 Å². The lowest BCUT2D eigenvalue weighted by Crippen LogP contribution is -2.29. The number of carbonyl (C=O) groups is 2. The van der Waals surface area contributed by atoms with Gasteiger partial charge in [-0.3, -0.25) is 19.5 Å². The Morgan fingerprint density at radius 1 is 1.08 bits per heavy atom. The van der Waals surface area contributed by atoms with Gasteiger partial charge in [0.2, 0.25) is 5.13 Å². The van der Waals surface area contributed by atoms with Crippen LogP contribution in [0.3, 0.4) is 0 Å². The average Bonchev–Trinajstić information content (AvgIpc) is 3.54. The maximum absolute atomic E-state index is 13.4. The van der Waals surface area contributed by atoms with E-state index in [1.165, 1.54) is 46.0 Å². The third kappa shape index (κ3) is 5.62. The van der Waals surface area contributed by atoms with Crippen LogP contribution in [0.25, 0.3) is 5.76 Å². The molecule has 196 valence electrons. The zero-order valence-corrected chi connectivity index (χ0v) is 22.6. The number of carbonyl (C=O) groups excluding carboxylic acids is 2. The first-order valence-electron chi connectivity index (χ1n) is 12.0. The molecule has 0 bridgehead atoms. The van der Waals surface area contributed by atoms with Crippen molar-refractivity contribution < 1.29 is 19.4 Å². The highest BCUT2D eigenvalue weighted by atomic mass is 32.2. The molecule has 0 saturated carbocycles. The SMILES string of the molecule is C=CCOc1ccc(C2/C(=C(\O)c3ccncc3)C(=O)C(=O)N2c2nnc(SCc3ccc(C)cc3)s2)cc1. The molecule has 1 amide bonds. The van der Waals surface area contributed by atoms with E-state index in [4.69, 9.17) is 4.74 Å². The van der Waals surface area contributed by atoms with E-state index in [0.29, 0.717) is 33.6 Å². The Morgan fingerprint density at radius 2 is 1.79 bits per heavy atom. The van der Waals surface area contributed by atoms with Crippen LogP contribution in [0.4, 0.5) is 5.13 Å². The molecule has 5 rings (SSSR count). The minimum Gasteiger partial charge on any atom is -0.507 e. The Balaban J connectivity index is 1.51. The van der Waals surface area contributed by atoms with Crippen LogP contribution >= 0.6 is 23.1 Å². The van der Waals surface area contributed by atoms with E-state index < -0.39 is 17.7 Å². The van der Waals surface area contributed by atoms with Crippen LogP contribution < -0.4 is 9.64 Å². The predicted molar refractivity (Wildman–Crippen MR) is 152 cm³/mol. The number of thioether (sulfide) groups is 1. The standard InChI is InChI=1S/C29H24N4O4S2/c1-3-16-37-22-10-8-20(9-11-22)24-23(25(34)21-12-14-30-15-13-21)26(35)27(36)33(24)28-31-32-29(39-28)38-17-19-6-4-18(2)5-7-19/h3-15,24,34H,1,16-17H2,2H3/b25-23+. The van der Waals surface area contributed by atoms with E-state index in [2.05, 4.69) is 46.0 Å². The maximum Gasteiger partial charge on any atom is 0.301 e. The second-order valence-electron chi connectivity index (χ2n) is 8.70. The van der Waals surface area contributed by atoms with Crippen LogP contribution in [-0.4, -0.2) is 38.6 Å². The minimum absolute atomic E-state index is 0.0324. The summed E-state index contributed by atoms with van der Waals surface area (Å²) in [7, 11) is 0. The first-order chi connectivity index (χ1) is 19.0. The number of anilines is 1. The Morgan fingerprint density at radius 3 is 2.49 bits per heavy atom. The lowest BCUT2D eigenvalue weighted by atomic mass is 9.95. The third-order valence-corrected chi connectivity index (χ3v) is 8.17. The zero-order valence-electron chi connectivity index (χ0n) is 21.0. The lowest BCUT2D eigenvalue weighted by molar-refractivity contribution is -0.132. The second-order valence-corrected chi connectivity index (χ2v) is 10.9. The molecule has 39 heavy (non-hydrogen) atoms. The molecule has 1 fully saturated rings. The molecular weight excluding hydrogens is 532 g/mol. The van der Waals surface area contributed by atoms with Crippen molar-refractivity contribution in [1.29, 1.82) is 0 Å². The van der Waals surface area contributed by atoms with E-state index in [-0.39, 0.29) is 16.5 Å². The van der Waals surface area contributed by atoms with Gasteiger partial charge in [0, 0.05) is 23.7 Å². The number of aliphatic hydroxyl groups is 1. The van der Waals surface area contributed by atoms with E-state index in [1.54, 1.807) is 42.5 Å². The van der Waals surface area contributed by atoms with Gasteiger partial charge in [0.15, 0.2) is 4.34 Å². The second kappa shape index (κ2) is 11.6. The topological polar surface area (TPSA) is 106 Å². The fraction of sp³-hybridized carbons (Fsp3) is 0.138. The molecule has 1 aliphatic heterocycles. The van der Waals surface area contributed by atoms with Crippen molar-refractivity contribution in [2.75, 3.05) is 11.5 Å². The van der Waals surface area contributed by atoms with Crippen LogP contribution in [0.2, 0.25) is 0 Å². The highest BCUT2D eigenvalue weighted by Gasteiger charge is 2.48. The Bertz CT molecular complexity index is 1530. The summed E-state index contributed by atoms with van der Waals surface area (Å²) in [6, 6.07) is 17.5. The van der Waals surface area contributed by atoms with Crippen molar-refractivity contribution in [3.05, 3.63) is 114 Å². The van der Waals surface area contributed by atoms with Crippen LogP contribution in [-0.2, 0) is 15.3 Å². The van der Waals surface area contributed by atoms with Gasteiger partial charge in [-0.15, -0.1) is 10.2 Å². The summed E-state index contributed by atoms with van der Waals surface area (Å²) in [5.41, 5.74) is 3.28.